The summed E-state index contributed by atoms with van der Waals surface area (Å²) in [5.41, 5.74) is 5.24. The Kier molecular flexibility index (Phi) is 4.88. The van der Waals surface area contributed by atoms with E-state index < -0.39 is 0 Å². The lowest BCUT2D eigenvalue weighted by atomic mass is 10.4. The molecule has 0 aliphatic carbocycles. The number of anilines is 1. The van der Waals surface area contributed by atoms with E-state index in [-0.39, 0.29) is 5.82 Å². The number of halogens is 1. The molecule has 0 spiro atoms. The minimum atomic E-state index is -0.338. The number of rotatable bonds is 6. The first-order valence-corrected chi connectivity index (χ1v) is 4.46. The number of nitrogens with two attached hydrogens (primary N) is 1. The minimum absolute atomic E-state index is 0.338. The van der Waals surface area contributed by atoms with Gasteiger partial charge in [-0.05, 0) is 12.1 Å². The fourth-order valence-corrected chi connectivity index (χ4v) is 0.917. The number of pyridine rings is 1. The van der Waals surface area contributed by atoms with Crippen LogP contribution in [0.3, 0.4) is 0 Å². The van der Waals surface area contributed by atoms with Crippen LogP contribution in [0.2, 0.25) is 0 Å². The molecule has 1 aromatic rings. The summed E-state index contributed by atoms with van der Waals surface area (Å²) in [5, 5.41) is 2.99. The van der Waals surface area contributed by atoms with Crippen LogP contribution in [0.25, 0.3) is 0 Å². The van der Waals surface area contributed by atoms with Crippen LogP contribution in [0.15, 0.2) is 18.3 Å². The summed E-state index contributed by atoms with van der Waals surface area (Å²) in [6.45, 7) is 2.28. The lowest BCUT2D eigenvalue weighted by Gasteiger charge is -2.05. The molecule has 0 atom stereocenters. The second kappa shape index (κ2) is 6.28. The molecule has 0 fully saturated rings. The minimum Gasteiger partial charge on any atom is -0.378 e. The molecule has 5 heteroatoms. The van der Waals surface area contributed by atoms with Crippen LogP contribution < -0.4 is 11.1 Å². The van der Waals surface area contributed by atoms with Gasteiger partial charge in [0.15, 0.2) is 0 Å². The zero-order valence-corrected chi connectivity index (χ0v) is 7.87. The quantitative estimate of drug-likeness (QED) is 0.659. The Hall–Kier alpha value is -1.20. The van der Waals surface area contributed by atoms with E-state index in [9.17, 15) is 4.39 Å². The first kappa shape index (κ1) is 10.9. The highest BCUT2D eigenvalue weighted by Crippen LogP contribution is 2.02. The molecule has 0 aliphatic heterocycles. The molecule has 0 saturated carbocycles. The van der Waals surface area contributed by atoms with Gasteiger partial charge in [-0.25, -0.2) is 9.37 Å². The van der Waals surface area contributed by atoms with Gasteiger partial charge >= 0.3 is 0 Å². The zero-order chi connectivity index (χ0) is 10.2. The number of hydrogen-bond acceptors (Lipinski definition) is 4. The van der Waals surface area contributed by atoms with Crippen molar-refractivity contribution < 1.29 is 9.13 Å². The van der Waals surface area contributed by atoms with Crippen LogP contribution >= 0.6 is 0 Å². The fraction of sp³-hybridized carbons (Fsp3) is 0.444. The Morgan fingerprint density at radius 3 is 2.93 bits per heavy atom. The predicted octanol–water partition coefficient (Wildman–Crippen LogP) is 0.608. The maximum atomic E-state index is 12.4. The van der Waals surface area contributed by atoms with Gasteiger partial charge in [0.2, 0.25) is 0 Å². The van der Waals surface area contributed by atoms with Crippen molar-refractivity contribution in [2.24, 2.45) is 5.73 Å². The van der Waals surface area contributed by atoms with Gasteiger partial charge in [-0.1, -0.05) is 0 Å². The van der Waals surface area contributed by atoms with E-state index in [4.69, 9.17) is 10.5 Å². The molecule has 3 N–H and O–H groups in total. The third-order valence-corrected chi connectivity index (χ3v) is 1.54. The first-order chi connectivity index (χ1) is 6.83. The van der Waals surface area contributed by atoms with E-state index in [0.717, 1.165) is 0 Å². The Morgan fingerprint density at radius 2 is 2.29 bits per heavy atom. The van der Waals surface area contributed by atoms with Gasteiger partial charge in [-0.2, -0.15) is 0 Å². The molecule has 0 aliphatic rings. The molecule has 0 aromatic carbocycles. The van der Waals surface area contributed by atoms with Gasteiger partial charge in [0.25, 0.3) is 0 Å². The highest BCUT2D eigenvalue weighted by Gasteiger charge is 1.93. The molecular weight excluding hydrogens is 185 g/mol. The molecule has 0 unspecified atom stereocenters. The molecule has 1 aromatic heterocycles. The summed E-state index contributed by atoms with van der Waals surface area (Å²) in [7, 11) is 0. The summed E-state index contributed by atoms with van der Waals surface area (Å²) in [6, 6.07) is 2.94. The van der Waals surface area contributed by atoms with Crippen molar-refractivity contribution in [1.29, 1.82) is 0 Å². The van der Waals surface area contributed by atoms with Gasteiger partial charge in [0, 0.05) is 13.1 Å². The van der Waals surface area contributed by atoms with Gasteiger partial charge in [-0.15, -0.1) is 0 Å². The molecule has 0 radical (unpaired) electrons. The first-order valence-electron chi connectivity index (χ1n) is 4.46. The SMILES string of the molecule is NCCOCCNc1ccc(F)cn1. The molecular formula is C9H14FN3O. The number of hydrogen-bond donors (Lipinski definition) is 2. The van der Waals surface area contributed by atoms with Crippen LogP contribution in [0.4, 0.5) is 10.2 Å². The molecule has 0 bridgehead atoms. The second-order valence-corrected chi connectivity index (χ2v) is 2.69. The third kappa shape index (κ3) is 4.15. The van der Waals surface area contributed by atoms with Crippen LogP contribution in [0, 0.1) is 5.82 Å². The Morgan fingerprint density at radius 1 is 1.43 bits per heavy atom. The lowest BCUT2D eigenvalue weighted by Crippen LogP contribution is -2.14. The average Bonchev–Trinajstić information content (AvgIpc) is 2.21. The largest absolute Gasteiger partial charge is 0.378 e. The van der Waals surface area contributed by atoms with Gasteiger partial charge in [0.1, 0.15) is 11.6 Å². The monoisotopic (exact) mass is 199 g/mol. The molecule has 4 nitrogen and oxygen atoms in total. The van der Waals surface area contributed by atoms with Crippen LogP contribution in [0.1, 0.15) is 0 Å². The molecule has 0 saturated heterocycles. The van der Waals surface area contributed by atoms with E-state index in [1.165, 1.54) is 12.3 Å². The molecule has 1 rings (SSSR count). The van der Waals surface area contributed by atoms with Crippen molar-refractivity contribution in [3.05, 3.63) is 24.1 Å². The van der Waals surface area contributed by atoms with E-state index in [0.29, 0.717) is 32.1 Å². The van der Waals surface area contributed by atoms with Crippen molar-refractivity contribution in [1.82, 2.24) is 4.98 Å². The van der Waals surface area contributed by atoms with Gasteiger partial charge < -0.3 is 15.8 Å². The summed E-state index contributed by atoms with van der Waals surface area (Å²) >= 11 is 0. The Labute approximate surface area is 82.3 Å². The van der Waals surface area contributed by atoms with Crippen molar-refractivity contribution in [2.45, 2.75) is 0 Å². The lowest BCUT2D eigenvalue weighted by molar-refractivity contribution is 0.151. The molecule has 14 heavy (non-hydrogen) atoms. The highest BCUT2D eigenvalue weighted by molar-refractivity contribution is 5.33. The maximum Gasteiger partial charge on any atom is 0.141 e. The van der Waals surface area contributed by atoms with E-state index in [2.05, 4.69) is 10.3 Å². The van der Waals surface area contributed by atoms with Crippen LogP contribution in [0.5, 0.6) is 0 Å². The summed E-state index contributed by atoms with van der Waals surface area (Å²) < 4.78 is 17.6. The van der Waals surface area contributed by atoms with Crippen molar-refractivity contribution >= 4 is 5.82 Å². The van der Waals surface area contributed by atoms with Crippen molar-refractivity contribution in [3.63, 3.8) is 0 Å². The van der Waals surface area contributed by atoms with E-state index in [1.54, 1.807) is 6.07 Å². The maximum absolute atomic E-state index is 12.4. The van der Waals surface area contributed by atoms with Crippen molar-refractivity contribution in [3.8, 4) is 0 Å². The Balaban J connectivity index is 2.15. The number of nitrogens with one attached hydrogen (secondary N) is 1. The van der Waals surface area contributed by atoms with Crippen LogP contribution in [-0.4, -0.2) is 31.3 Å². The summed E-state index contributed by atoms with van der Waals surface area (Å²) in [6.07, 6.45) is 1.17. The average molecular weight is 199 g/mol. The van der Waals surface area contributed by atoms with E-state index >= 15 is 0 Å². The molecule has 78 valence electrons. The van der Waals surface area contributed by atoms with Gasteiger partial charge in [0.05, 0.1) is 19.4 Å². The predicted molar refractivity (Wildman–Crippen MR) is 52.6 cm³/mol. The highest BCUT2D eigenvalue weighted by atomic mass is 19.1. The number of ether oxygens (including phenoxy) is 1. The molecule has 0 amide bonds. The zero-order valence-electron chi connectivity index (χ0n) is 7.87. The van der Waals surface area contributed by atoms with Gasteiger partial charge in [-0.3, -0.25) is 0 Å². The van der Waals surface area contributed by atoms with Crippen molar-refractivity contribution in [2.75, 3.05) is 31.6 Å². The third-order valence-electron chi connectivity index (χ3n) is 1.54. The summed E-state index contributed by atoms with van der Waals surface area (Å²) in [4.78, 5) is 3.83. The fourth-order valence-electron chi connectivity index (χ4n) is 0.917. The number of aromatic nitrogens is 1. The topological polar surface area (TPSA) is 60.2 Å². The van der Waals surface area contributed by atoms with Crippen LogP contribution in [-0.2, 0) is 4.74 Å². The number of nitrogens with zero attached hydrogens (tertiary/aromatic N) is 1. The smallest absolute Gasteiger partial charge is 0.141 e. The second-order valence-electron chi connectivity index (χ2n) is 2.69. The summed E-state index contributed by atoms with van der Waals surface area (Å²) in [5.74, 6) is 0.303. The molecule has 1 heterocycles. The Bertz CT molecular complexity index is 253. The normalized spacial score (nSPS) is 10.1. The van der Waals surface area contributed by atoms with E-state index in [1.807, 2.05) is 0 Å². The standard InChI is InChI=1S/C9H14FN3O/c10-8-1-2-9(13-7-8)12-4-6-14-5-3-11/h1-2,7H,3-6,11H2,(H,12,13).